The van der Waals surface area contributed by atoms with Gasteiger partial charge in [0.2, 0.25) is 0 Å². The molecule has 1 aromatic carbocycles. The molecule has 1 aromatic rings. The summed E-state index contributed by atoms with van der Waals surface area (Å²) in [4.78, 5) is 0. The molecule has 1 N–H and O–H groups in total. The van der Waals surface area contributed by atoms with Gasteiger partial charge in [0.15, 0.2) is 0 Å². The topological polar surface area (TPSA) is 12.0 Å². The monoisotopic (exact) mass is 241 g/mol. The van der Waals surface area contributed by atoms with E-state index in [1.807, 2.05) is 18.2 Å². The fraction of sp³-hybridized carbons (Fsp3) is 0.529. The molecule has 0 amide bonds. The lowest BCUT2D eigenvalue weighted by Gasteiger charge is -2.27. The average Bonchev–Trinajstić information content (AvgIpc) is 2.45. The molecule has 0 bridgehead atoms. The first-order chi connectivity index (χ1) is 8.86. The molecule has 96 valence electrons. The van der Waals surface area contributed by atoms with Crippen molar-refractivity contribution in [2.24, 2.45) is 5.92 Å². The van der Waals surface area contributed by atoms with Crippen LogP contribution in [0.1, 0.15) is 44.6 Å². The number of hydrogen-bond acceptors (Lipinski definition) is 1. The molecule has 0 spiro atoms. The molecule has 0 saturated heterocycles. The second kappa shape index (κ2) is 7.24. The minimum absolute atomic E-state index is 0.607. The van der Waals surface area contributed by atoms with Crippen molar-refractivity contribution in [1.29, 1.82) is 0 Å². The van der Waals surface area contributed by atoms with Crippen molar-refractivity contribution in [1.82, 2.24) is 5.32 Å². The smallest absolute Gasteiger partial charge is 0.0582 e. The first kappa shape index (κ1) is 13.2. The Bertz CT molecular complexity index is 393. The molecular weight excluding hydrogens is 218 g/mol. The van der Waals surface area contributed by atoms with Crippen LogP contribution in [-0.4, -0.2) is 12.6 Å². The summed E-state index contributed by atoms with van der Waals surface area (Å²) < 4.78 is 0. The first-order valence-corrected chi connectivity index (χ1v) is 7.13. The zero-order chi connectivity index (χ0) is 12.6. The normalized spacial score (nSPS) is 17.8. The molecule has 0 radical (unpaired) electrons. The molecule has 1 nitrogen and oxygen atoms in total. The van der Waals surface area contributed by atoms with Crippen LogP contribution in [0, 0.1) is 17.8 Å². The van der Waals surface area contributed by atoms with Gasteiger partial charge in [0, 0.05) is 11.6 Å². The highest BCUT2D eigenvalue weighted by Gasteiger charge is 2.18. The maximum atomic E-state index is 3.55. The number of nitrogens with one attached hydrogen (secondary N) is 1. The zero-order valence-corrected chi connectivity index (χ0v) is 11.3. The lowest BCUT2D eigenvalue weighted by Crippen LogP contribution is -2.34. The van der Waals surface area contributed by atoms with Crippen LogP contribution in [0.3, 0.4) is 0 Å². The van der Waals surface area contributed by atoms with Gasteiger partial charge >= 0.3 is 0 Å². The van der Waals surface area contributed by atoms with Gasteiger partial charge in [-0.2, -0.15) is 0 Å². The van der Waals surface area contributed by atoms with E-state index in [1.54, 1.807) is 0 Å². The Morgan fingerprint density at radius 3 is 2.61 bits per heavy atom. The summed E-state index contributed by atoms with van der Waals surface area (Å²) in [5.74, 6) is 7.26. The Morgan fingerprint density at radius 2 is 1.89 bits per heavy atom. The van der Waals surface area contributed by atoms with E-state index >= 15 is 0 Å². The highest BCUT2D eigenvalue weighted by molar-refractivity contribution is 5.33. The maximum absolute atomic E-state index is 3.55. The molecule has 0 aromatic heterocycles. The van der Waals surface area contributed by atoms with Crippen molar-refractivity contribution in [2.45, 2.75) is 45.1 Å². The molecule has 1 unspecified atom stereocenters. The number of rotatable bonds is 3. The van der Waals surface area contributed by atoms with Crippen LogP contribution < -0.4 is 5.32 Å². The van der Waals surface area contributed by atoms with Crippen molar-refractivity contribution in [3.8, 4) is 11.8 Å². The summed E-state index contributed by atoms with van der Waals surface area (Å²) >= 11 is 0. The molecule has 1 atom stereocenters. The van der Waals surface area contributed by atoms with E-state index in [2.05, 4.69) is 36.2 Å². The average molecular weight is 241 g/mol. The standard InChI is InChI=1S/C17H23N/c1-15(17-12-6-3-7-13-17)18-14-8-11-16-9-4-2-5-10-16/h2,4-5,9-10,15,17-18H,3,6-7,12-14H2,1H3. The molecule has 1 heteroatoms. The van der Waals surface area contributed by atoms with E-state index in [0.29, 0.717) is 6.04 Å². The van der Waals surface area contributed by atoms with Gasteiger partial charge in [0.1, 0.15) is 0 Å². The number of hydrogen-bond donors (Lipinski definition) is 1. The van der Waals surface area contributed by atoms with Crippen molar-refractivity contribution in [2.75, 3.05) is 6.54 Å². The summed E-state index contributed by atoms with van der Waals surface area (Å²) in [6.07, 6.45) is 7.02. The molecule has 0 heterocycles. The predicted octanol–water partition coefficient (Wildman–Crippen LogP) is 3.60. The van der Waals surface area contributed by atoms with Gasteiger partial charge in [-0.1, -0.05) is 49.3 Å². The lowest BCUT2D eigenvalue weighted by molar-refractivity contribution is 0.287. The van der Waals surface area contributed by atoms with Gasteiger partial charge in [-0.3, -0.25) is 0 Å². The minimum atomic E-state index is 0.607. The quantitative estimate of drug-likeness (QED) is 0.797. The van der Waals surface area contributed by atoms with E-state index in [0.717, 1.165) is 18.0 Å². The third-order valence-corrected chi connectivity index (χ3v) is 3.88. The number of benzene rings is 1. The van der Waals surface area contributed by atoms with Crippen LogP contribution in [0.2, 0.25) is 0 Å². The van der Waals surface area contributed by atoms with Crippen LogP contribution in [0.25, 0.3) is 0 Å². The van der Waals surface area contributed by atoms with Crippen LogP contribution in [0.15, 0.2) is 30.3 Å². The lowest BCUT2D eigenvalue weighted by atomic mass is 9.84. The minimum Gasteiger partial charge on any atom is -0.303 e. The second-order valence-electron chi connectivity index (χ2n) is 5.24. The fourth-order valence-corrected chi connectivity index (χ4v) is 2.68. The van der Waals surface area contributed by atoms with Crippen molar-refractivity contribution < 1.29 is 0 Å². The Hall–Kier alpha value is -1.26. The Kier molecular flexibility index (Phi) is 5.30. The summed E-state index contributed by atoms with van der Waals surface area (Å²) in [5, 5.41) is 3.55. The van der Waals surface area contributed by atoms with E-state index < -0.39 is 0 Å². The van der Waals surface area contributed by atoms with Gasteiger partial charge < -0.3 is 5.32 Å². The molecule has 1 fully saturated rings. The van der Waals surface area contributed by atoms with E-state index in [9.17, 15) is 0 Å². The maximum Gasteiger partial charge on any atom is 0.0582 e. The van der Waals surface area contributed by atoms with Crippen LogP contribution in [0.4, 0.5) is 0 Å². The molecule has 2 rings (SSSR count). The second-order valence-corrected chi connectivity index (χ2v) is 5.24. The fourth-order valence-electron chi connectivity index (χ4n) is 2.68. The van der Waals surface area contributed by atoms with Crippen molar-refractivity contribution in [3.05, 3.63) is 35.9 Å². The SMILES string of the molecule is CC(NCC#Cc1ccccc1)C1CCCCC1. The largest absolute Gasteiger partial charge is 0.303 e. The highest BCUT2D eigenvalue weighted by atomic mass is 14.9. The highest BCUT2D eigenvalue weighted by Crippen LogP contribution is 2.26. The van der Waals surface area contributed by atoms with Crippen LogP contribution in [-0.2, 0) is 0 Å². The van der Waals surface area contributed by atoms with Crippen molar-refractivity contribution >= 4 is 0 Å². The third kappa shape index (κ3) is 4.20. The predicted molar refractivity (Wildman–Crippen MR) is 77.4 cm³/mol. The van der Waals surface area contributed by atoms with Gasteiger partial charge in [0.25, 0.3) is 0 Å². The van der Waals surface area contributed by atoms with Gasteiger partial charge in [-0.15, -0.1) is 0 Å². The van der Waals surface area contributed by atoms with E-state index in [4.69, 9.17) is 0 Å². The van der Waals surface area contributed by atoms with E-state index in [-0.39, 0.29) is 0 Å². The molecular formula is C17H23N. The van der Waals surface area contributed by atoms with Gasteiger partial charge in [0.05, 0.1) is 6.54 Å². The zero-order valence-electron chi connectivity index (χ0n) is 11.3. The Balaban J connectivity index is 1.73. The molecule has 18 heavy (non-hydrogen) atoms. The van der Waals surface area contributed by atoms with Crippen LogP contribution in [0.5, 0.6) is 0 Å². The van der Waals surface area contributed by atoms with Crippen LogP contribution >= 0.6 is 0 Å². The van der Waals surface area contributed by atoms with Crippen molar-refractivity contribution in [3.63, 3.8) is 0 Å². The van der Waals surface area contributed by atoms with Gasteiger partial charge in [-0.25, -0.2) is 0 Å². The Labute approximate surface area is 111 Å². The summed E-state index contributed by atoms with van der Waals surface area (Å²) in [6.45, 7) is 3.10. The third-order valence-electron chi connectivity index (χ3n) is 3.88. The first-order valence-electron chi connectivity index (χ1n) is 7.13. The summed E-state index contributed by atoms with van der Waals surface area (Å²) in [5.41, 5.74) is 1.10. The summed E-state index contributed by atoms with van der Waals surface area (Å²) in [7, 11) is 0. The van der Waals surface area contributed by atoms with Gasteiger partial charge in [-0.05, 0) is 37.8 Å². The Morgan fingerprint density at radius 1 is 1.17 bits per heavy atom. The molecule has 0 aliphatic heterocycles. The molecule has 1 aliphatic carbocycles. The molecule has 1 aliphatic rings. The summed E-state index contributed by atoms with van der Waals surface area (Å²) in [6, 6.07) is 10.8. The van der Waals surface area contributed by atoms with E-state index in [1.165, 1.54) is 32.1 Å². The molecule has 1 saturated carbocycles.